The van der Waals surface area contributed by atoms with Gasteiger partial charge in [-0.05, 0) is 44.9 Å². The molecule has 0 aromatic carbocycles. The second-order valence-electron chi connectivity index (χ2n) is 16.4. The van der Waals surface area contributed by atoms with Crippen LogP contribution in [0.15, 0.2) is 12.2 Å². The fraction of sp³-hybridized carbons (Fsp3) is 0.898. The van der Waals surface area contributed by atoms with E-state index in [0.717, 1.165) is 64.2 Å². The molecule has 0 unspecified atom stereocenters. The minimum atomic E-state index is -0.765. The van der Waals surface area contributed by atoms with Gasteiger partial charge < -0.3 is 14.2 Å². The largest absolute Gasteiger partial charge is 0.462 e. The van der Waals surface area contributed by atoms with E-state index in [0.29, 0.717) is 19.3 Å². The first-order chi connectivity index (χ1) is 27.0. The molecule has 0 saturated heterocycles. The van der Waals surface area contributed by atoms with Crippen molar-refractivity contribution in [1.82, 2.24) is 0 Å². The topological polar surface area (TPSA) is 78.9 Å². The molecule has 0 aliphatic rings. The third-order valence-corrected chi connectivity index (χ3v) is 10.8. The lowest BCUT2D eigenvalue weighted by atomic mass is 10.0. The molecule has 324 valence electrons. The molecular weight excluding hydrogens is 685 g/mol. The normalized spacial score (nSPS) is 12.0. The van der Waals surface area contributed by atoms with Crippen LogP contribution in [0.5, 0.6) is 0 Å². The van der Waals surface area contributed by atoms with Crippen LogP contribution >= 0.6 is 0 Å². The van der Waals surface area contributed by atoms with Crippen LogP contribution in [-0.2, 0) is 28.6 Å². The highest BCUT2D eigenvalue weighted by Gasteiger charge is 2.19. The zero-order chi connectivity index (χ0) is 40.1. The van der Waals surface area contributed by atoms with Crippen LogP contribution in [0.4, 0.5) is 0 Å². The average molecular weight is 777 g/mol. The van der Waals surface area contributed by atoms with Gasteiger partial charge in [0.05, 0.1) is 0 Å². The van der Waals surface area contributed by atoms with E-state index in [9.17, 15) is 14.4 Å². The lowest BCUT2D eigenvalue weighted by molar-refractivity contribution is -0.167. The van der Waals surface area contributed by atoms with Crippen LogP contribution in [0, 0.1) is 0 Å². The summed E-state index contributed by atoms with van der Waals surface area (Å²) in [7, 11) is 0. The van der Waals surface area contributed by atoms with Crippen LogP contribution in [0.25, 0.3) is 0 Å². The summed E-state index contributed by atoms with van der Waals surface area (Å²) >= 11 is 0. The first-order valence-corrected chi connectivity index (χ1v) is 24.2. The van der Waals surface area contributed by atoms with Crippen molar-refractivity contribution in [3.63, 3.8) is 0 Å². The number of carbonyl (C=O) groups is 3. The molecule has 0 fully saturated rings. The molecule has 55 heavy (non-hydrogen) atoms. The van der Waals surface area contributed by atoms with Gasteiger partial charge in [0, 0.05) is 19.3 Å². The van der Waals surface area contributed by atoms with Gasteiger partial charge in [0.25, 0.3) is 0 Å². The molecule has 1 atom stereocenters. The number of rotatable bonds is 44. The van der Waals surface area contributed by atoms with Crippen molar-refractivity contribution in [3.05, 3.63) is 12.2 Å². The van der Waals surface area contributed by atoms with Gasteiger partial charge in [0.15, 0.2) is 6.10 Å². The number of ether oxygens (including phenoxy) is 3. The van der Waals surface area contributed by atoms with Gasteiger partial charge >= 0.3 is 17.9 Å². The fourth-order valence-electron chi connectivity index (χ4n) is 7.08. The molecule has 0 aromatic rings. The Balaban J connectivity index is 4.32. The Labute approximate surface area is 341 Å². The number of hydrogen-bond donors (Lipinski definition) is 0. The summed E-state index contributed by atoms with van der Waals surface area (Å²) < 4.78 is 16.7. The lowest BCUT2D eigenvalue weighted by Crippen LogP contribution is -2.30. The molecule has 0 heterocycles. The van der Waals surface area contributed by atoms with Crippen LogP contribution in [-0.4, -0.2) is 37.2 Å². The fourth-order valence-corrected chi connectivity index (χ4v) is 7.08. The van der Waals surface area contributed by atoms with Crippen LogP contribution in [0.1, 0.15) is 265 Å². The summed E-state index contributed by atoms with van der Waals surface area (Å²) in [6, 6.07) is 0. The first-order valence-electron chi connectivity index (χ1n) is 24.2. The molecule has 0 aromatic heterocycles. The molecule has 0 N–H and O–H groups in total. The van der Waals surface area contributed by atoms with Crippen molar-refractivity contribution >= 4 is 17.9 Å². The number of hydrogen-bond acceptors (Lipinski definition) is 6. The number of unbranched alkanes of at least 4 members (excludes halogenated alkanes) is 31. The van der Waals surface area contributed by atoms with E-state index in [1.54, 1.807) is 0 Å². The molecule has 6 nitrogen and oxygen atoms in total. The highest BCUT2D eigenvalue weighted by atomic mass is 16.6. The molecule has 0 rings (SSSR count). The highest BCUT2D eigenvalue weighted by molar-refractivity contribution is 5.71. The van der Waals surface area contributed by atoms with Gasteiger partial charge in [-0.15, -0.1) is 0 Å². The van der Waals surface area contributed by atoms with Crippen molar-refractivity contribution < 1.29 is 28.6 Å². The van der Waals surface area contributed by atoms with E-state index >= 15 is 0 Å². The molecule has 0 radical (unpaired) electrons. The predicted octanol–water partition coefficient (Wildman–Crippen LogP) is 15.4. The average Bonchev–Trinajstić information content (AvgIpc) is 3.18. The maximum atomic E-state index is 12.7. The monoisotopic (exact) mass is 777 g/mol. The molecule has 0 amide bonds. The molecular formula is C49H92O6. The summed E-state index contributed by atoms with van der Waals surface area (Å²) in [5.74, 6) is -0.868. The van der Waals surface area contributed by atoms with Gasteiger partial charge in [-0.2, -0.15) is 0 Å². The van der Waals surface area contributed by atoms with E-state index in [4.69, 9.17) is 14.2 Å². The minimum Gasteiger partial charge on any atom is -0.462 e. The SMILES string of the molecule is CCCCCCCC/C=C\CCCCCCCC(=O)O[C@H](COC(=O)CCCCCCCCCCC)COC(=O)CCCCCCCCCCCCCCC. The van der Waals surface area contributed by atoms with Crippen molar-refractivity contribution in [2.45, 2.75) is 271 Å². The molecule has 0 spiro atoms. The van der Waals surface area contributed by atoms with E-state index < -0.39 is 6.10 Å². The van der Waals surface area contributed by atoms with E-state index in [1.807, 2.05) is 0 Å². The van der Waals surface area contributed by atoms with Crippen molar-refractivity contribution in [2.24, 2.45) is 0 Å². The Hall–Kier alpha value is -1.85. The first kappa shape index (κ1) is 53.1. The third kappa shape index (κ3) is 43.1. The lowest BCUT2D eigenvalue weighted by Gasteiger charge is -2.18. The zero-order valence-electron chi connectivity index (χ0n) is 37.0. The Morgan fingerprint density at radius 3 is 0.909 bits per heavy atom. The van der Waals surface area contributed by atoms with Gasteiger partial charge in [-0.25, -0.2) is 0 Å². The quantitative estimate of drug-likeness (QED) is 0.0265. The third-order valence-electron chi connectivity index (χ3n) is 10.8. The number of allylic oxidation sites excluding steroid dienone is 2. The number of esters is 3. The molecule has 0 aliphatic carbocycles. The summed E-state index contributed by atoms with van der Waals surface area (Å²) in [6.07, 6.45) is 47.6. The summed E-state index contributed by atoms with van der Waals surface area (Å²) in [4.78, 5) is 37.7. The van der Waals surface area contributed by atoms with Crippen LogP contribution in [0.3, 0.4) is 0 Å². The zero-order valence-corrected chi connectivity index (χ0v) is 37.0. The summed E-state index contributed by atoms with van der Waals surface area (Å²) in [6.45, 7) is 6.62. The molecule has 0 aliphatic heterocycles. The minimum absolute atomic E-state index is 0.0687. The van der Waals surface area contributed by atoms with E-state index in [1.165, 1.54) is 161 Å². The van der Waals surface area contributed by atoms with Crippen LogP contribution in [0.2, 0.25) is 0 Å². The maximum Gasteiger partial charge on any atom is 0.306 e. The van der Waals surface area contributed by atoms with Gasteiger partial charge in [-0.3, -0.25) is 14.4 Å². The van der Waals surface area contributed by atoms with Crippen molar-refractivity contribution in [2.75, 3.05) is 13.2 Å². The predicted molar refractivity (Wildman–Crippen MR) is 233 cm³/mol. The highest BCUT2D eigenvalue weighted by Crippen LogP contribution is 2.15. The van der Waals surface area contributed by atoms with Crippen LogP contribution < -0.4 is 0 Å². The standard InChI is InChI=1S/C49H92O6/c1-4-7-10-13-16-19-21-23-24-26-28-31-34-37-40-43-49(52)55-46(44-53-47(50)41-38-35-32-29-18-15-12-9-6-3)45-54-48(51)42-39-36-33-30-27-25-22-20-17-14-11-8-5-2/h23-24,46H,4-22,25-45H2,1-3H3/b24-23-/t46-/m1/s1. The Morgan fingerprint density at radius 2 is 0.600 bits per heavy atom. The smallest absolute Gasteiger partial charge is 0.306 e. The molecule has 0 bridgehead atoms. The molecule has 0 saturated carbocycles. The molecule has 6 heteroatoms. The maximum absolute atomic E-state index is 12.7. The van der Waals surface area contributed by atoms with Crippen molar-refractivity contribution in [1.29, 1.82) is 0 Å². The summed E-state index contributed by atoms with van der Waals surface area (Å²) in [5.41, 5.74) is 0. The van der Waals surface area contributed by atoms with Crippen molar-refractivity contribution in [3.8, 4) is 0 Å². The number of carbonyl (C=O) groups excluding carboxylic acids is 3. The second kappa shape index (κ2) is 44.9. The van der Waals surface area contributed by atoms with E-state index in [-0.39, 0.29) is 31.1 Å². The van der Waals surface area contributed by atoms with Gasteiger partial charge in [0.1, 0.15) is 13.2 Å². The Kier molecular flexibility index (Phi) is 43.4. The summed E-state index contributed by atoms with van der Waals surface area (Å²) in [5, 5.41) is 0. The van der Waals surface area contributed by atoms with Gasteiger partial charge in [0.2, 0.25) is 0 Å². The van der Waals surface area contributed by atoms with E-state index in [2.05, 4.69) is 32.9 Å². The Morgan fingerprint density at radius 1 is 0.345 bits per heavy atom. The Bertz CT molecular complexity index is 854. The second-order valence-corrected chi connectivity index (χ2v) is 16.4. The van der Waals surface area contributed by atoms with Gasteiger partial charge in [-0.1, -0.05) is 213 Å².